The maximum atomic E-state index is 12.9. The Morgan fingerprint density at radius 2 is 1.33 bits per heavy atom. The second kappa shape index (κ2) is 8.81. The van der Waals surface area contributed by atoms with E-state index in [0.717, 1.165) is 11.1 Å². The Hall–Kier alpha value is -4.29. The number of para-hydroxylation sites is 2. The summed E-state index contributed by atoms with van der Waals surface area (Å²) in [5.41, 5.74) is 9.42. The molecule has 0 amide bonds. The SMILES string of the molecule is Nc1ccccc1Oc1cccc(C(=O)c2ccc(C#Cc3ccccc3)cc2)c1. The van der Waals surface area contributed by atoms with Crippen molar-refractivity contribution < 1.29 is 9.53 Å². The smallest absolute Gasteiger partial charge is 0.193 e. The topological polar surface area (TPSA) is 52.3 Å². The fraction of sp³-hybridized carbons (Fsp3) is 0. The Labute approximate surface area is 175 Å². The first-order valence-corrected chi connectivity index (χ1v) is 9.53. The largest absolute Gasteiger partial charge is 0.455 e. The molecule has 2 N–H and O–H groups in total. The lowest BCUT2D eigenvalue weighted by Gasteiger charge is -2.09. The van der Waals surface area contributed by atoms with Crippen LogP contribution in [-0.4, -0.2) is 5.78 Å². The van der Waals surface area contributed by atoms with E-state index in [9.17, 15) is 4.79 Å². The number of nitrogen functional groups attached to an aromatic ring is 1. The average molecular weight is 389 g/mol. The van der Waals surface area contributed by atoms with Crippen molar-refractivity contribution in [2.75, 3.05) is 5.73 Å². The lowest BCUT2D eigenvalue weighted by molar-refractivity contribution is 0.103. The van der Waals surface area contributed by atoms with Crippen LogP contribution < -0.4 is 10.5 Å². The predicted octanol–water partition coefficient (Wildman–Crippen LogP) is 5.69. The Morgan fingerprint density at radius 3 is 2.07 bits per heavy atom. The molecule has 4 aromatic rings. The van der Waals surface area contributed by atoms with Gasteiger partial charge in [0.25, 0.3) is 0 Å². The molecule has 3 nitrogen and oxygen atoms in total. The van der Waals surface area contributed by atoms with E-state index in [1.165, 1.54) is 0 Å². The van der Waals surface area contributed by atoms with Gasteiger partial charge in [-0.3, -0.25) is 4.79 Å². The Kier molecular flexibility index (Phi) is 5.59. The first-order chi connectivity index (χ1) is 14.7. The van der Waals surface area contributed by atoms with Crippen LogP contribution in [-0.2, 0) is 0 Å². The van der Waals surface area contributed by atoms with Crippen molar-refractivity contribution in [3.8, 4) is 23.3 Å². The maximum Gasteiger partial charge on any atom is 0.193 e. The molecule has 0 aromatic heterocycles. The summed E-state index contributed by atoms with van der Waals surface area (Å²) in [7, 11) is 0. The van der Waals surface area contributed by atoms with E-state index in [-0.39, 0.29) is 5.78 Å². The Balaban J connectivity index is 1.51. The van der Waals surface area contributed by atoms with E-state index in [4.69, 9.17) is 10.5 Å². The molecule has 0 unspecified atom stereocenters. The molecule has 0 aliphatic heterocycles. The fourth-order valence-electron chi connectivity index (χ4n) is 2.94. The van der Waals surface area contributed by atoms with E-state index in [0.29, 0.717) is 28.3 Å². The van der Waals surface area contributed by atoms with Gasteiger partial charge >= 0.3 is 0 Å². The highest BCUT2D eigenvalue weighted by Gasteiger charge is 2.11. The van der Waals surface area contributed by atoms with Crippen molar-refractivity contribution in [2.24, 2.45) is 0 Å². The summed E-state index contributed by atoms with van der Waals surface area (Å²) in [6, 6.07) is 31.4. The Bertz CT molecular complexity index is 1230. The number of nitrogens with two attached hydrogens (primary N) is 1. The van der Waals surface area contributed by atoms with Crippen molar-refractivity contribution in [1.29, 1.82) is 0 Å². The van der Waals surface area contributed by atoms with Gasteiger partial charge in [0.1, 0.15) is 11.5 Å². The van der Waals surface area contributed by atoms with E-state index in [1.807, 2.05) is 54.6 Å². The van der Waals surface area contributed by atoms with Crippen molar-refractivity contribution in [2.45, 2.75) is 0 Å². The van der Waals surface area contributed by atoms with Gasteiger partial charge in [0.2, 0.25) is 0 Å². The predicted molar refractivity (Wildman–Crippen MR) is 120 cm³/mol. The second-order valence-electron chi connectivity index (χ2n) is 6.69. The molecule has 0 fully saturated rings. The van der Waals surface area contributed by atoms with Crippen molar-refractivity contribution in [3.63, 3.8) is 0 Å². The van der Waals surface area contributed by atoms with Crippen LogP contribution in [0, 0.1) is 11.8 Å². The molecule has 4 aromatic carbocycles. The highest BCUT2D eigenvalue weighted by molar-refractivity contribution is 6.09. The lowest BCUT2D eigenvalue weighted by atomic mass is 10.0. The van der Waals surface area contributed by atoms with Gasteiger partial charge in [0.15, 0.2) is 5.78 Å². The van der Waals surface area contributed by atoms with E-state index >= 15 is 0 Å². The van der Waals surface area contributed by atoms with Gasteiger partial charge in [-0.15, -0.1) is 0 Å². The van der Waals surface area contributed by atoms with Gasteiger partial charge in [0, 0.05) is 22.3 Å². The molecule has 0 heterocycles. The molecular weight excluding hydrogens is 370 g/mol. The molecule has 0 atom stereocenters. The summed E-state index contributed by atoms with van der Waals surface area (Å²) < 4.78 is 5.83. The number of benzene rings is 4. The molecule has 0 saturated heterocycles. The third-order valence-corrected chi connectivity index (χ3v) is 4.52. The van der Waals surface area contributed by atoms with E-state index in [2.05, 4.69) is 11.8 Å². The zero-order chi connectivity index (χ0) is 20.8. The van der Waals surface area contributed by atoms with Crippen molar-refractivity contribution >= 4 is 11.5 Å². The van der Waals surface area contributed by atoms with Gasteiger partial charge in [0.05, 0.1) is 5.69 Å². The molecule has 0 aliphatic carbocycles. The molecule has 0 aliphatic rings. The van der Waals surface area contributed by atoms with E-state index < -0.39 is 0 Å². The number of ketones is 1. The lowest BCUT2D eigenvalue weighted by Crippen LogP contribution is -2.01. The maximum absolute atomic E-state index is 12.9. The minimum Gasteiger partial charge on any atom is -0.455 e. The first-order valence-electron chi connectivity index (χ1n) is 9.53. The van der Waals surface area contributed by atoms with Crippen molar-refractivity contribution in [1.82, 2.24) is 0 Å². The minimum atomic E-state index is -0.0796. The Morgan fingerprint density at radius 1 is 0.667 bits per heavy atom. The van der Waals surface area contributed by atoms with Crippen LogP contribution >= 0.6 is 0 Å². The molecule has 4 rings (SSSR count). The summed E-state index contributed by atoms with van der Waals surface area (Å²) in [6.07, 6.45) is 0. The van der Waals surface area contributed by atoms with Gasteiger partial charge in [-0.05, 0) is 60.7 Å². The summed E-state index contributed by atoms with van der Waals surface area (Å²) in [6.45, 7) is 0. The van der Waals surface area contributed by atoms with Crippen LogP contribution in [0.3, 0.4) is 0 Å². The van der Waals surface area contributed by atoms with Gasteiger partial charge in [-0.2, -0.15) is 0 Å². The summed E-state index contributed by atoms with van der Waals surface area (Å²) in [5, 5.41) is 0. The number of ether oxygens (including phenoxy) is 1. The fourth-order valence-corrected chi connectivity index (χ4v) is 2.94. The molecule has 30 heavy (non-hydrogen) atoms. The number of anilines is 1. The zero-order valence-corrected chi connectivity index (χ0v) is 16.2. The number of carbonyl (C=O) groups excluding carboxylic acids is 1. The van der Waals surface area contributed by atoms with Crippen molar-refractivity contribution in [3.05, 3.63) is 125 Å². The van der Waals surface area contributed by atoms with Gasteiger partial charge in [-0.25, -0.2) is 0 Å². The molecular formula is C27H19NO2. The number of carbonyl (C=O) groups is 1. The summed E-state index contributed by atoms with van der Waals surface area (Å²) >= 11 is 0. The molecule has 0 radical (unpaired) electrons. The third kappa shape index (κ3) is 4.57. The summed E-state index contributed by atoms with van der Waals surface area (Å²) in [5.74, 6) is 7.27. The highest BCUT2D eigenvalue weighted by atomic mass is 16.5. The number of rotatable bonds is 4. The normalized spacial score (nSPS) is 10.0. The van der Waals surface area contributed by atoms with Gasteiger partial charge < -0.3 is 10.5 Å². The van der Waals surface area contributed by atoms with Crippen LogP contribution in [0.15, 0.2) is 103 Å². The molecule has 0 saturated carbocycles. The third-order valence-electron chi connectivity index (χ3n) is 4.52. The van der Waals surface area contributed by atoms with E-state index in [1.54, 1.807) is 48.5 Å². The second-order valence-corrected chi connectivity index (χ2v) is 6.69. The van der Waals surface area contributed by atoms with Crippen LogP contribution in [0.4, 0.5) is 5.69 Å². The number of hydrogen-bond donors (Lipinski definition) is 1. The summed E-state index contributed by atoms with van der Waals surface area (Å²) in [4.78, 5) is 12.9. The van der Waals surface area contributed by atoms with Crippen LogP contribution in [0.5, 0.6) is 11.5 Å². The quantitative estimate of drug-likeness (QED) is 0.277. The van der Waals surface area contributed by atoms with Crippen LogP contribution in [0.1, 0.15) is 27.0 Å². The molecule has 144 valence electrons. The monoisotopic (exact) mass is 389 g/mol. The number of hydrogen-bond acceptors (Lipinski definition) is 3. The molecule has 0 bridgehead atoms. The van der Waals surface area contributed by atoms with Crippen LogP contribution in [0.2, 0.25) is 0 Å². The average Bonchev–Trinajstić information content (AvgIpc) is 2.80. The van der Waals surface area contributed by atoms with Crippen LogP contribution in [0.25, 0.3) is 0 Å². The minimum absolute atomic E-state index is 0.0796. The highest BCUT2D eigenvalue weighted by Crippen LogP contribution is 2.27. The standard InChI is InChI=1S/C27H19NO2/c28-25-11-4-5-12-26(25)30-24-10-6-9-23(19-24)27(29)22-17-15-21(16-18-22)14-13-20-7-2-1-3-8-20/h1-12,15-19H,28H2. The first kappa shape index (κ1) is 19.0. The zero-order valence-electron chi connectivity index (χ0n) is 16.2. The molecule has 3 heteroatoms. The molecule has 0 spiro atoms. The van der Waals surface area contributed by atoms with Gasteiger partial charge in [-0.1, -0.05) is 54.3 Å².